The SMILES string of the molecule is Cc1cc(C)c(C)c(-c2cccc3c2C=C(c2ccccc2)[CH]3[Zr]([CH]2C(c3ccccc3)=Cc3c(-c4cc(C)cc(C)c4C)cccc32)[SiH](C)C)c1. The Kier molecular flexibility index (Phi) is 9.44. The van der Waals surface area contributed by atoms with Gasteiger partial charge in [0.15, 0.2) is 0 Å². The van der Waals surface area contributed by atoms with Gasteiger partial charge in [-0.15, -0.1) is 0 Å². The fourth-order valence-electron chi connectivity index (χ4n) is 9.23. The van der Waals surface area contributed by atoms with Crippen LogP contribution in [0.2, 0.25) is 13.1 Å². The Balaban J connectivity index is 1.38. The average Bonchev–Trinajstić information content (AvgIpc) is 3.72. The van der Waals surface area contributed by atoms with Crippen LogP contribution in [0.5, 0.6) is 0 Å². The number of aryl methyl sites for hydroxylation is 4. The van der Waals surface area contributed by atoms with E-state index >= 15 is 0 Å². The van der Waals surface area contributed by atoms with E-state index in [0.717, 1.165) is 0 Å². The summed E-state index contributed by atoms with van der Waals surface area (Å²) in [7, 11) is 0. The summed E-state index contributed by atoms with van der Waals surface area (Å²) in [5.41, 5.74) is 25.7. The first-order valence-corrected chi connectivity index (χ1v) is 28.9. The van der Waals surface area contributed by atoms with E-state index in [1.807, 2.05) is 0 Å². The summed E-state index contributed by atoms with van der Waals surface area (Å²) in [4.78, 5) is 0. The molecule has 0 radical (unpaired) electrons. The Labute approximate surface area is 320 Å². The van der Waals surface area contributed by atoms with Crippen LogP contribution in [-0.4, -0.2) is 5.92 Å². The molecule has 0 bridgehead atoms. The summed E-state index contributed by atoms with van der Waals surface area (Å²) in [5.74, 6) is -1.15. The quantitative estimate of drug-likeness (QED) is 0.142. The van der Waals surface area contributed by atoms with Gasteiger partial charge in [0.2, 0.25) is 0 Å². The van der Waals surface area contributed by atoms with Gasteiger partial charge in [-0.1, -0.05) is 0 Å². The van der Waals surface area contributed by atoms with E-state index in [4.69, 9.17) is 0 Å². The van der Waals surface area contributed by atoms with Crippen molar-refractivity contribution < 1.29 is 20.9 Å². The molecule has 0 heterocycles. The maximum atomic E-state index is 2.69. The first-order valence-electron chi connectivity index (χ1n) is 18.9. The van der Waals surface area contributed by atoms with Gasteiger partial charge < -0.3 is 0 Å². The van der Waals surface area contributed by atoms with Crippen LogP contribution >= 0.6 is 0 Å². The molecular formula is C50H49SiZr. The Morgan fingerprint density at radius 2 is 0.846 bits per heavy atom. The van der Waals surface area contributed by atoms with E-state index < -0.39 is 26.8 Å². The molecule has 2 aliphatic rings. The summed E-state index contributed by atoms with van der Waals surface area (Å²) in [6.45, 7) is 19.0. The van der Waals surface area contributed by atoms with Crippen LogP contribution < -0.4 is 0 Å². The van der Waals surface area contributed by atoms with E-state index in [0.29, 0.717) is 7.25 Å². The second-order valence-corrected chi connectivity index (χ2v) is 35.6. The fourth-order valence-corrected chi connectivity index (χ4v) is 31.5. The van der Waals surface area contributed by atoms with Gasteiger partial charge >= 0.3 is 322 Å². The number of rotatable bonds is 7. The van der Waals surface area contributed by atoms with E-state index in [1.54, 1.807) is 22.3 Å². The molecule has 2 unspecified atom stereocenters. The standard InChI is InChI=1S/2C24H21.C2H7Si.Zr/c2*1-16-12-17(2)18(3)23(13-16)22-11-7-10-20-14-21(15-24(20)22)19-8-5-4-6-9-19;1-3-2;/h2*4-15H,1-3H3;3H,1-2H3;. The zero-order valence-electron chi connectivity index (χ0n) is 31.9. The molecule has 0 nitrogen and oxygen atoms in total. The van der Waals surface area contributed by atoms with Crippen molar-refractivity contribution in [3.8, 4) is 22.3 Å². The number of fused-ring (bicyclic) bond motifs is 2. The third-order valence-electron chi connectivity index (χ3n) is 11.9. The first kappa shape index (κ1) is 35.0. The first-order chi connectivity index (χ1) is 25.1. The van der Waals surface area contributed by atoms with Crippen LogP contribution in [0, 0.1) is 41.5 Å². The number of allylic oxidation sites excluding steroid dienone is 2. The van der Waals surface area contributed by atoms with Gasteiger partial charge in [-0.2, -0.15) is 0 Å². The number of hydrogen-bond acceptors (Lipinski definition) is 0. The summed E-state index contributed by atoms with van der Waals surface area (Å²) in [6, 6.07) is 46.7. The van der Waals surface area contributed by atoms with Gasteiger partial charge in [-0.25, -0.2) is 0 Å². The van der Waals surface area contributed by atoms with Crippen LogP contribution in [0.1, 0.15) is 74.0 Å². The molecule has 0 saturated heterocycles. The molecule has 0 amide bonds. The molecule has 2 aliphatic carbocycles. The summed E-state index contributed by atoms with van der Waals surface area (Å²) in [5, 5.41) is 0. The van der Waals surface area contributed by atoms with Crippen LogP contribution in [0.25, 0.3) is 45.6 Å². The van der Waals surface area contributed by atoms with Crippen LogP contribution in [0.3, 0.4) is 0 Å². The van der Waals surface area contributed by atoms with E-state index in [2.05, 4.69) is 188 Å². The number of benzene rings is 6. The summed E-state index contributed by atoms with van der Waals surface area (Å²) >= 11 is -2.50. The van der Waals surface area contributed by atoms with Crippen LogP contribution in [0.15, 0.2) is 121 Å². The molecule has 0 aliphatic heterocycles. The molecule has 6 aromatic rings. The number of hydrogen-bond donors (Lipinski definition) is 0. The zero-order chi connectivity index (χ0) is 36.3. The zero-order valence-corrected chi connectivity index (χ0v) is 35.5. The second-order valence-electron chi connectivity index (χ2n) is 15.6. The van der Waals surface area contributed by atoms with Gasteiger partial charge in [-0.3, -0.25) is 0 Å². The summed E-state index contributed by atoms with van der Waals surface area (Å²) in [6.07, 6.45) is 5.24. The molecule has 2 atom stereocenters. The monoisotopic (exact) mass is 767 g/mol. The van der Waals surface area contributed by atoms with Crippen molar-refractivity contribution in [3.05, 3.63) is 188 Å². The van der Waals surface area contributed by atoms with E-state index in [-0.39, 0.29) is 0 Å². The Hall–Kier alpha value is -4.10. The Morgan fingerprint density at radius 1 is 0.442 bits per heavy atom. The maximum absolute atomic E-state index is 2.69. The second kappa shape index (κ2) is 14.0. The summed E-state index contributed by atoms with van der Waals surface area (Å²) < 4.78 is 0.958. The van der Waals surface area contributed by atoms with Crippen molar-refractivity contribution in [2.45, 2.75) is 61.9 Å². The molecule has 8 rings (SSSR count). The minimum atomic E-state index is -2.50. The molecule has 0 saturated carbocycles. The van der Waals surface area contributed by atoms with Crippen molar-refractivity contribution in [1.82, 2.24) is 0 Å². The topological polar surface area (TPSA) is 0 Å². The van der Waals surface area contributed by atoms with Crippen LogP contribution in [0.4, 0.5) is 0 Å². The third kappa shape index (κ3) is 6.03. The van der Waals surface area contributed by atoms with Crippen LogP contribution in [-0.2, 0) is 20.9 Å². The van der Waals surface area contributed by atoms with Crippen molar-refractivity contribution in [1.29, 1.82) is 0 Å². The average molecular weight is 769 g/mol. The molecule has 0 aromatic heterocycles. The van der Waals surface area contributed by atoms with E-state index in [1.165, 1.54) is 77.9 Å². The van der Waals surface area contributed by atoms with Crippen molar-refractivity contribution >= 4 is 29.2 Å². The normalized spacial score (nSPS) is 16.1. The predicted octanol–water partition coefficient (Wildman–Crippen LogP) is 13.4. The van der Waals surface area contributed by atoms with Gasteiger partial charge in [0.05, 0.1) is 0 Å². The molecule has 0 N–H and O–H groups in total. The van der Waals surface area contributed by atoms with Crippen molar-refractivity contribution in [2.75, 3.05) is 0 Å². The Bertz CT molecular complexity index is 2230. The molecule has 2 heteroatoms. The molecule has 257 valence electrons. The van der Waals surface area contributed by atoms with Crippen molar-refractivity contribution in [2.24, 2.45) is 0 Å². The molecule has 0 spiro atoms. The molecule has 6 aromatic carbocycles. The van der Waals surface area contributed by atoms with Gasteiger partial charge in [-0.05, 0) is 0 Å². The molecule has 52 heavy (non-hydrogen) atoms. The fraction of sp³-hybridized carbons (Fsp3) is 0.200. The molecule has 0 fully saturated rings. The molecular weight excluding hydrogens is 720 g/mol. The third-order valence-corrected chi connectivity index (χ3v) is 33.3. The van der Waals surface area contributed by atoms with Gasteiger partial charge in [0.25, 0.3) is 0 Å². The van der Waals surface area contributed by atoms with Crippen molar-refractivity contribution in [3.63, 3.8) is 0 Å². The Morgan fingerprint density at radius 3 is 1.23 bits per heavy atom. The van der Waals surface area contributed by atoms with Gasteiger partial charge in [0, 0.05) is 0 Å². The minimum absolute atomic E-state index is 0.479. The predicted molar refractivity (Wildman–Crippen MR) is 225 cm³/mol. The van der Waals surface area contributed by atoms with Gasteiger partial charge in [0.1, 0.15) is 0 Å². The van der Waals surface area contributed by atoms with E-state index in [9.17, 15) is 0 Å².